The summed E-state index contributed by atoms with van der Waals surface area (Å²) in [6.07, 6.45) is 10.7. The first-order valence-corrected chi connectivity index (χ1v) is 9.57. The molecule has 0 spiro atoms. The molecule has 0 rings (SSSR count). The fourth-order valence-corrected chi connectivity index (χ4v) is 3.49. The zero-order valence-electron chi connectivity index (χ0n) is 13.8. The first kappa shape index (κ1) is 20.3. The van der Waals surface area contributed by atoms with Crippen molar-refractivity contribution in [3.8, 4) is 0 Å². The second kappa shape index (κ2) is 13.0. The van der Waals surface area contributed by atoms with Gasteiger partial charge in [-0.15, -0.1) is 0 Å². The molecule has 2 N–H and O–H groups in total. The predicted octanol–water partition coefficient (Wildman–Crippen LogP) is 5.41. The highest BCUT2D eigenvalue weighted by Gasteiger charge is 2.28. The first-order chi connectivity index (χ1) is 9.56. The highest BCUT2D eigenvalue weighted by atomic mass is 31.2. The summed E-state index contributed by atoms with van der Waals surface area (Å²) in [7, 11) is -2.25. The lowest BCUT2D eigenvalue weighted by Gasteiger charge is -2.31. The molecule has 122 valence electrons. The zero-order chi connectivity index (χ0) is 15.4. The van der Waals surface area contributed by atoms with Gasteiger partial charge in [0.05, 0.1) is 6.10 Å². The summed E-state index contributed by atoms with van der Waals surface area (Å²) in [5.41, 5.74) is 0. The van der Waals surface area contributed by atoms with Crippen LogP contribution in [0, 0.1) is 11.8 Å². The van der Waals surface area contributed by atoms with Gasteiger partial charge in [0.1, 0.15) is 0 Å². The third-order valence-electron chi connectivity index (χ3n) is 4.21. The van der Waals surface area contributed by atoms with Gasteiger partial charge in [-0.05, 0) is 24.7 Å². The Morgan fingerprint density at radius 2 is 1.55 bits per heavy atom. The van der Waals surface area contributed by atoms with Gasteiger partial charge < -0.3 is 14.3 Å². The maximum absolute atomic E-state index is 9.25. The molecule has 3 unspecified atom stereocenters. The van der Waals surface area contributed by atoms with Crippen LogP contribution in [0.15, 0.2) is 0 Å². The molecule has 0 saturated carbocycles. The summed E-state index contributed by atoms with van der Waals surface area (Å²) in [5, 5.41) is 0. The van der Waals surface area contributed by atoms with Gasteiger partial charge in [0, 0.05) is 0 Å². The van der Waals surface area contributed by atoms with Gasteiger partial charge in [0.15, 0.2) is 0 Å². The molecular weight excluding hydrogens is 271 g/mol. The van der Waals surface area contributed by atoms with Crippen LogP contribution in [0.25, 0.3) is 0 Å². The van der Waals surface area contributed by atoms with E-state index in [1.807, 2.05) is 0 Å². The van der Waals surface area contributed by atoms with E-state index in [2.05, 4.69) is 27.7 Å². The lowest BCUT2D eigenvalue weighted by Crippen LogP contribution is -2.29. The summed E-state index contributed by atoms with van der Waals surface area (Å²) >= 11 is 0. The van der Waals surface area contributed by atoms with Crippen molar-refractivity contribution in [1.82, 2.24) is 0 Å². The first-order valence-electron chi connectivity index (χ1n) is 8.41. The molecule has 0 heterocycles. The van der Waals surface area contributed by atoms with E-state index in [1.54, 1.807) is 0 Å². The zero-order valence-corrected chi connectivity index (χ0v) is 14.7. The molecule has 3 atom stereocenters. The molecule has 3 nitrogen and oxygen atoms in total. The maximum Gasteiger partial charge on any atom is 0.327 e. The van der Waals surface area contributed by atoms with Crippen LogP contribution in [0.4, 0.5) is 0 Å². The van der Waals surface area contributed by atoms with Crippen LogP contribution in [0.2, 0.25) is 0 Å². The van der Waals surface area contributed by atoms with Crippen LogP contribution in [0.3, 0.4) is 0 Å². The third-order valence-corrected chi connectivity index (χ3v) is 4.64. The molecule has 0 aromatic heterocycles. The highest BCUT2D eigenvalue weighted by Crippen LogP contribution is 2.37. The number of hydrogen-bond acceptors (Lipinski definition) is 3. The van der Waals surface area contributed by atoms with E-state index in [0.29, 0.717) is 11.8 Å². The quantitative estimate of drug-likeness (QED) is 0.353. The van der Waals surface area contributed by atoms with E-state index < -0.39 is 8.60 Å². The van der Waals surface area contributed by atoms with Crippen molar-refractivity contribution in [3.63, 3.8) is 0 Å². The summed E-state index contributed by atoms with van der Waals surface area (Å²) in [5.74, 6) is 0.846. The standard InChI is InChI=1S/C16H35O3P/c1-5-8-10-11-12-14(4)16(19-20(17)18)15(7-3)13-9-6-2/h14-18H,5-13H2,1-4H3. The largest absolute Gasteiger partial charge is 0.328 e. The van der Waals surface area contributed by atoms with Crippen LogP contribution in [0.1, 0.15) is 85.5 Å². The van der Waals surface area contributed by atoms with Crippen molar-refractivity contribution >= 4 is 8.60 Å². The third kappa shape index (κ3) is 9.28. The van der Waals surface area contributed by atoms with Crippen molar-refractivity contribution in [1.29, 1.82) is 0 Å². The fraction of sp³-hybridized carbons (Fsp3) is 1.00. The van der Waals surface area contributed by atoms with Crippen molar-refractivity contribution < 1.29 is 14.3 Å². The van der Waals surface area contributed by atoms with Gasteiger partial charge in [-0.25, -0.2) is 0 Å². The molecular formula is C16H35O3P. The topological polar surface area (TPSA) is 49.7 Å². The lowest BCUT2D eigenvalue weighted by molar-refractivity contribution is 0.0564. The van der Waals surface area contributed by atoms with Crippen molar-refractivity contribution in [3.05, 3.63) is 0 Å². The average molecular weight is 306 g/mol. The molecule has 4 heteroatoms. The van der Waals surface area contributed by atoms with E-state index in [4.69, 9.17) is 4.52 Å². The maximum atomic E-state index is 9.25. The van der Waals surface area contributed by atoms with E-state index >= 15 is 0 Å². The molecule has 0 saturated heterocycles. The van der Waals surface area contributed by atoms with Gasteiger partial charge >= 0.3 is 8.60 Å². The Kier molecular flexibility index (Phi) is 13.2. The van der Waals surface area contributed by atoms with Crippen LogP contribution in [-0.2, 0) is 4.52 Å². The van der Waals surface area contributed by atoms with Crippen LogP contribution in [0.5, 0.6) is 0 Å². The summed E-state index contributed by atoms with van der Waals surface area (Å²) in [6.45, 7) is 8.79. The van der Waals surface area contributed by atoms with Crippen molar-refractivity contribution in [2.45, 2.75) is 91.6 Å². The second-order valence-corrected chi connectivity index (χ2v) is 6.68. The van der Waals surface area contributed by atoms with E-state index in [9.17, 15) is 9.79 Å². The Morgan fingerprint density at radius 3 is 2.05 bits per heavy atom. The second-order valence-electron chi connectivity index (χ2n) is 5.96. The van der Waals surface area contributed by atoms with Gasteiger partial charge in [0.25, 0.3) is 0 Å². The highest BCUT2D eigenvalue weighted by molar-refractivity contribution is 7.39. The molecule has 0 fully saturated rings. The van der Waals surface area contributed by atoms with Gasteiger partial charge in [-0.3, -0.25) is 0 Å². The van der Waals surface area contributed by atoms with Crippen LogP contribution in [-0.4, -0.2) is 15.9 Å². The Bertz CT molecular complexity index is 212. The molecule has 0 radical (unpaired) electrons. The number of rotatable bonds is 13. The predicted molar refractivity (Wildman–Crippen MR) is 87.5 cm³/mol. The van der Waals surface area contributed by atoms with E-state index in [1.165, 1.54) is 38.5 Å². The monoisotopic (exact) mass is 306 g/mol. The number of hydrogen-bond donors (Lipinski definition) is 2. The average Bonchev–Trinajstić information content (AvgIpc) is 2.42. The molecule has 0 bridgehead atoms. The van der Waals surface area contributed by atoms with Crippen molar-refractivity contribution in [2.75, 3.05) is 0 Å². The molecule has 20 heavy (non-hydrogen) atoms. The molecule has 0 aromatic rings. The smallest absolute Gasteiger partial charge is 0.327 e. The van der Waals surface area contributed by atoms with E-state index in [-0.39, 0.29) is 6.10 Å². The minimum Gasteiger partial charge on any atom is -0.328 e. The van der Waals surface area contributed by atoms with Gasteiger partial charge in [-0.2, -0.15) is 0 Å². The Labute approximate surface area is 127 Å². The molecule has 0 aliphatic heterocycles. The van der Waals surface area contributed by atoms with Crippen LogP contribution >= 0.6 is 8.60 Å². The van der Waals surface area contributed by atoms with E-state index in [0.717, 1.165) is 19.3 Å². The Hall–Kier alpha value is 0.310. The molecule has 0 aliphatic rings. The minimum atomic E-state index is -2.25. The molecule has 0 aliphatic carbocycles. The normalized spacial score (nSPS) is 16.4. The Balaban J connectivity index is 4.41. The fourth-order valence-electron chi connectivity index (χ4n) is 2.89. The van der Waals surface area contributed by atoms with Gasteiger partial charge in [-0.1, -0.05) is 72.6 Å². The SMILES string of the molecule is CCCCCCC(C)C(OP(O)O)C(CC)CCCC. The number of unbranched alkanes of at least 4 members (excludes halogenated alkanes) is 4. The summed E-state index contributed by atoms with van der Waals surface area (Å²) in [6, 6.07) is 0. The van der Waals surface area contributed by atoms with Gasteiger partial charge in [0.2, 0.25) is 0 Å². The van der Waals surface area contributed by atoms with Crippen molar-refractivity contribution in [2.24, 2.45) is 11.8 Å². The molecule has 0 aromatic carbocycles. The molecule has 0 amide bonds. The van der Waals surface area contributed by atoms with Crippen LogP contribution < -0.4 is 0 Å². The summed E-state index contributed by atoms with van der Waals surface area (Å²) < 4.78 is 5.50. The summed E-state index contributed by atoms with van der Waals surface area (Å²) in [4.78, 5) is 18.5. The Morgan fingerprint density at radius 1 is 0.900 bits per heavy atom. The minimum absolute atomic E-state index is 0.00529. The lowest BCUT2D eigenvalue weighted by atomic mass is 9.84.